The first-order chi connectivity index (χ1) is 13.8. The Hall–Kier alpha value is -3.20. The molecule has 28 heavy (non-hydrogen) atoms. The second kappa shape index (κ2) is 6.75. The summed E-state index contributed by atoms with van der Waals surface area (Å²) in [6.07, 6.45) is 2.32. The normalized spacial score (nSPS) is 12.9. The molecule has 2 heterocycles. The number of aromatic nitrogens is 1. The molecule has 0 amide bonds. The van der Waals surface area contributed by atoms with Gasteiger partial charge in [0.1, 0.15) is 11.5 Å². The van der Waals surface area contributed by atoms with Crippen LogP contribution in [0.3, 0.4) is 0 Å². The fraction of sp³-hybridized carbons (Fsp3) is 0.200. The molecule has 3 heteroatoms. The maximum Gasteiger partial charge on any atom is 0.118 e. The summed E-state index contributed by atoms with van der Waals surface area (Å²) in [7, 11) is 3.41. The van der Waals surface area contributed by atoms with Crippen molar-refractivity contribution in [2.45, 2.75) is 19.4 Å². The van der Waals surface area contributed by atoms with E-state index in [1.165, 1.54) is 45.3 Å². The highest BCUT2D eigenvalue weighted by Gasteiger charge is 2.23. The Morgan fingerprint density at radius 2 is 1.39 bits per heavy atom. The minimum atomic E-state index is 0.878. The van der Waals surface area contributed by atoms with E-state index < -0.39 is 0 Å². The number of para-hydroxylation sites is 1. The van der Waals surface area contributed by atoms with E-state index in [0.717, 1.165) is 24.5 Å². The highest BCUT2D eigenvalue weighted by Crippen LogP contribution is 2.44. The van der Waals surface area contributed by atoms with Crippen LogP contribution in [-0.2, 0) is 13.0 Å². The molecule has 1 aliphatic heterocycles. The summed E-state index contributed by atoms with van der Waals surface area (Å²) in [5.74, 6) is 1.76. The molecule has 0 saturated heterocycles. The van der Waals surface area contributed by atoms with Crippen LogP contribution in [0.4, 0.5) is 0 Å². The van der Waals surface area contributed by atoms with Crippen LogP contribution >= 0.6 is 0 Å². The third-order valence-corrected chi connectivity index (χ3v) is 5.74. The Labute approximate surface area is 165 Å². The van der Waals surface area contributed by atoms with E-state index in [-0.39, 0.29) is 0 Å². The minimum absolute atomic E-state index is 0.878. The van der Waals surface area contributed by atoms with Crippen LogP contribution in [0.5, 0.6) is 11.5 Å². The van der Waals surface area contributed by atoms with Gasteiger partial charge in [-0.1, -0.05) is 30.3 Å². The summed E-state index contributed by atoms with van der Waals surface area (Å²) in [6.45, 7) is 1.05. The molecule has 5 rings (SSSR count). The molecule has 1 aromatic heterocycles. The molecule has 0 aliphatic carbocycles. The van der Waals surface area contributed by atoms with E-state index in [4.69, 9.17) is 9.47 Å². The van der Waals surface area contributed by atoms with Gasteiger partial charge in [-0.2, -0.15) is 0 Å². The number of nitrogens with zero attached hydrogens (tertiary/aromatic N) is 1. The zero-order valence-corrected chi connectivity index (χ0v) is 16.2. The predicted molar refractivity (Wildman–Crippen MR) is 114 cm³/mol. The summed E-state index contributed by atoms with van der Waals surface area (Å²) >= 11 is 0. The molecule has 4 aromatic rings. The van der Waals surface area contributed by atoms with E-state index in [1.807, 2.05) is 24.3 Å². The lowest BCUT2D eigenvalue weighted by molar-refractivity contribution is 0.414. The van der Waals surface area contributed by atoms with Crippen molar-refractivity contribution in [2.24, 2.45) is 0 Å². The molecule has 140 valence electrons. The van der Waals surface area contributed by atoms with Crippen LogP contribution in [0.2, 0.25) is 0 Å². The number of aryl methyl sites for hydroxylation is 2. The second-order valence-corrected chi connectivity index (χ2v) is 7.25. The van der Waals surface area contributed by atoms with Crippen molar-refractivity contribution in [1.29, 1.82) is 0 Å². The molecule has 0 atom stereocenters. The van der Waals surface area contributed by atoms with Gasteiger partial charge < -0.3 is 14.0 Å². The van der Waals surface area contributed by atoms with Gasteiger partial charge >= 0.3 is 0 Å². The molecule has 0 saturated carbocycles. The summed E-state index contributed by atoms with van der Waals surface area (Å²) in [5.41, 5.74) is 7.84. The zero-order valence-electron chi connectivity index (χ0n) is 16.2. The Bertz CT molecular complexity index is 1140. The molecule has 0 N–H and O–H groups in total. The van der Waals surface area contributed by atoms with Gasteiger partial charge in [-0.25, -0.2) is 0 Å². The van der Waals surface area contributed by atoms with E-state index >= 15 is 0 Å². The number of hydrogen-bond donors (Lipinski definition) is 0. The lowest BCUT2D eigenvalue weighted by Crippen LogP contribution is -2.08. The van der Waals surface area contributed by atoms with Gasteiger partial charge in [0.05, 0.1) is 25.4 Å². The Balaban J connectivity index is 1.83. The first kappa shape index (κ1) is 16.9. The molecule has 0 unspecified atom stereocenters. The number of benzene rings is 3. The summed E-state index contributed by atoms with van der Waals surface area (Å²) in [6, 6.07) is 23.5. The number of methoxy groups -OCH3 is 2. The first-order valence-corrected chi connectivity index (χ1v) is 9.73. The maximum absolute atomic E-state index is 5.37. The molecule has 0 radical (unpaired) electrons. The highest BCUT2D eigenvalue weighted by molar-refractivity contribution is 6.06. The van der Waals surface area contributed by atoms with E-state index in [0.29, 0.717) is 0 Å². The van der Waals surface area contributed by atoms with Gasteiger partial charge in [0.25, 0.3) is 0 Å². The van der Waals surface area contributed by atoms with Crippen LogP contribution < -0.4 is 9.47 Å². The Kier molecular flexibility index (Phi) is 4.09. The van der Waals surface area contributed by atoms with Crippen molar-refractivity contribution >= 4 is 10.9 Å². The van der Waals surface area contributed by atoms with Gasteiger partial charge in [0.15, 0.2) is 0 Å². The third-order valence-electron chi connectivity index (χ3n) is 5.74. The first-order valence-electron chi connectivity index (χ1n) is 9.73. The topological polar surface area (TPSA) is 23.4 Å². The molecule has 1 aliphatic rings. The van der Waals surface area contributed by atoms with Gasteiger partial charge in [-0.05, 0) is 65.9 Å². The second-order valence-electron chi connectivity index (χ2n) is 7.25. The Morgan fingerprint density at radius 1 is 0.750 bits per heavy atom. The molecular weight excluding hydrogens is 346 g/mol. The third kappa shape index (κ3) is 2.58. The van der Waals surface area contributed by atoms with E-state index in [2.05, 4.69) is 47.0 Å². The van der Waals surface area contributed by atoms with Crippen molar-refractivity contribution in [3.05, 3.63) is 72.3 Å². The zero-order chi connectivity index (χ0) is 19.1. The van der Waals surface area contributed by atoms with Gasteiger partial charge in [-0.15, -0.1) is 0 Å². The fourth-order valence-electron chi connectivity index (χ4n) is 4.44. The van der Waals surface area contributed by atoms with Crippen molar-refractivity contribution in [1.82, 2.24) is 4.57 Å². The number of rotatable bonds is 4. The lowest BCUT2D eigenvalue weighted by atomic mass is 9.97. The highest BCUT2D eigenvalue weighted by atomic mass is 16.5. The van der Waals surface area contributed by atoms with Gasteiger partial charge in [0, 0.05) is 17.5 Å². The number of hydrogen-bond acceptors (Lipinski definition) is 2. The van der Waals surface area contributed by atoms with Crippen LogP contribution in [0.1, 0.15) is 12.0 Å². The molecule has 3 aromatic carbocycles. The molecule has 0 bridgehead atoms. The average molecular weight is 369 g/mol. The standard InChI is InChI=1S/C25H23NO2/c1-27-20-12-8-17(9-13-20)23-22-7-3-5-18-6-4-16-26(24(18)22)25(23)19-10-14-21(28-2)15-11-19/h3,5,7-15H,4,6,16H2,1-2H3. The SMILES string of the molecule is COc1ccc(-c2c(-c3ccc(OC)cc3)n3c4c(cccc24)CCC3)cc1. The minimum Gasteiger partial charge on any atom is -0.497 e. The average Bonchev–Trinajstić information content (AvgIpc) is 3.10. The molecular formula is C25H23NO2. The van der Waals surface area contributed by atoms with Gasteiger partial charge in [-0.3, -0.25) is 0 Å². The van der Waals surface area contributed by atoms with Crippen LogP contribution in [0.15, 0.2) is 66.7 Å². The monoisotopic (exact) mass is 369 g/mol. The smallest absolute Gasteiger partial charge is 0.118 e. The lowest BCUT2D eigenvalue weighted by Gasteiger charge is -2.18. The van der Waals surface area contributed by atoms with Gasteiger partial charge in [0.2, 0.25) is 0 Å². The van der Waals surface area contributed by atoms with Crippen LogP contribution in [0.25, 0.3) is 33.3 Å². The molecule has 0 spiro atoms. The van der Waals surface area contributed by atoms with Crippen molar-refractivity contribution in [2.75, 3.05) is 14.2 Å². The quantitative estimate of drug-likeness (QED) is 0.444. The van der Waals surface area contributed by atoms with Crippen molar-refractivity contribution < 1.29 is 9.47 Å². The summed E-state index contributed by atoms with van der Waals surface area (Å²) in [5, 5.41) is 1.33. The molecule has 0 fully saturated rings. The largest absolute Gasteiger partial charge is 0.497 e. The predicted octanol–water partition coefficient (Wildman–Crippen LogP) is 5.94. The van der Waals surface area contributed by atoms with Crippen LogP contribution in [-0.4, -0.2) is 18.8 Å². The molecule has 3 nitrogen and oxygen atoms in total. The van der Waals surface area contributed by atoms with E-state index in [1.54, 1.807) is 14.2 Å². The summed E-state index contributed by atoms with van der Waals surface area (Å²) in [4.78, 5) is 0. The Morgan fingerprint density at radius 3 is 2.04 bits per heavy atom. The van der Waals surface area contributed by atoms with Crippen LogP contribution in [0, 0.1) is 0 Å². The fourth-order valence-corrected chi connectivity index (χ4v) is 4.44. The van der Waals surface area contributed by atoms with E-state index in [9.17, 15) is 0 Å². The number of ether oxygens (including phenoxy) is 2. The van der Waals surface area contributed by atoms with Crippen molar-refractivity contribution in [3.63, 3.8) is 0 Å². The maximum atomic E-state index is 5.37. The van der Waals surface area contributed by atoms with Crippen molar-refractivity contribution in [3.8, 4) is 33.9 Å². The summed E-state index contributed by atoms with van der Waals surface area (Å²) < 4.78 is 13.2.